The van der Waals surface area contributed by atoms with Crippen molar-refractivity contribution >= 4 is 17.3 Å². The van der Waals surface area contributed by atoms with Crippen molar-refractivity contribution < 1.29 is 14.7 Å². The standard InChI is InChI=1S/C22H29ClN2O2/c1-3-18-5-8-21(9-6-18)27-16-20(26)15-24-10-12-25(13-11-24)22-14-19(23)7-4-17(22)2/h4-9,14,20,26H,3,10-13,15-16H2,1-2H3/p+1/t20-/m0/s1. The third kappa shape index (κ3) is 5.61. The summed E-state index contributed by atoms with van der Waals surface area (Å²) in [4.78, 5) is 3.81. The molecule has 1 atom stereocenters. The van der Waals surface area contributed by atoms with E-state index < -0.39 is 6.10 Å². The molecule has 0 amide bonds. The third-order valence-corrected chi connectivity index (χ3v) is 5.52. The van der Waals surface area contributed by atoms with Crippen molar-refractivity contribution in [3.05, 3.63) is 58.6 Å². The van der Waals surface area contributed by atoms with Crippen molar-refractivity contribution in [1.82, 2.24) is 0 Å². The van der Waals surface area contributed by atoms with Gasteiger partial charge in [-0.15, -0.1) is 0 Å². The van der Waals surface area contributed by atoms with Crippen molar-refractivity contribution in [3.63, 3.8) is 0 Å². The highest BCUT2D eigenvalue weighted by atomic mass is 35.5. The molecule has 0 aliphatic carbocycles. The van der Waals surface area contributed by atoms with Gasteiger partial charge in [-0.25, -0.2) is 0 Å². The van der Waals surface area contributed by atoms with Crippen molar-refractivity contribution in [2.75, 3.05) is 44.2 Å². The quantitative estimate of drug-likeness (QED) is 0.763. The second kappa shape index (κ2) is 9.45. The Morgan fingerprint density at radius 2 is 1.85 bits per heavy atom. The molecule has 1 saturated heterocycles. The number of piperazine rings is 1. The molecule has 0 bridgehead atoms. The van der Waals surface area contributed by atoms with Gasteiger partial charge in [-0.2, -0.15) is 0 Å². The molecule has 4 nitrogen and oxygen atoms in total. The number of quaternary nitrogens is 1. The molecular weight excluding hydrogens is 360 g/mol. The predicted molar refractivity (Wildman–Crippen MR) is 111 cm³/mol. The fraction of sp³-hybridized carbons (Fsp3) is 0.455. The summed E-state index contributed by atoms with van der Waals surface area (Å²) in [5.74, 6) is 0.822. The first-order chi connectivity index (χ1) is 13.0. The molecule has 0 radical (unpaired) electrons. The van der Waals surface area contributed by atoms with Crippen molar-refractivity contribution in [3.8, 4) is 5.75 Å². The summed E-state index contributed by atoms with van der Waals surface area (Å²) in [5.41, 5.74) is 3.77. The molecule has 2 aromatic carbocycles. The molecule has 2 aromatic rings. The highest BCUT2D eigenvalue weighted by molar-refractivity contribution is 6.30. The van der Waals surface area contributed by atoms with E-state index in [9.17, 15) is 5.11 Å². The Bertz CT molecular complexity index is 728. The second-order valence-corrected chi connectivity index (χ2v) is 7.77. The van der Waals surface area contributed by atoms with E-state index in [1.54, 1.807) is 0 Å². The maximum absolute atomic E-state index is 10.4. The minimum absolute atomic E-state index is 0.339. The van der Waals surface area contributed by atoms with E-state index in [-0.39, 0.29) is 0 Å². The Morgan fingerprint density at radius 1 is 1.15 bits per heavy atom. The molecule has 5 heteroatoms. The van der Waals surface area contributed by atoms with Gasteiger partial charge in [-0.1, -0.05) is 36.7 Å². The number of aryl methyl sites for hydroxylation is 2. The van der Waals surface area contributed by atoms with Crippen molar-refractivity contribution in [1.29, 1.82) is 0 Å². The average Bonchev–Trinajstić information content (AvgIpc) is 2.69. The molecule has 0 aromatic heterocycles. The van der Waals surface area contributed by atoms with Crippen LogP contribution in [0.15, 0.2) is 42.5 Å². The number of rotatable bonds is 7. The molecule has 0 spiro atoms. The van der Waals surface area contributed by atoms with Gasteiger partial charge in [0.15, 0.2) is 0 Å². The third-order valence-electron chi connectivity index (χ3n) is 5.28. The van der Waals surface area contributed by atoms with Crippen LogP contribution in [-0.2, 0) is 6.42 Å². The average molecular weight is 390 g/mol. The van der Waals surface area contributed by atoms with Gasteiger partial charge < -0.3 is 19.6 Å². The minimum Gasteiger partial charge on any atom is -0.491 e. The number of ether oxygens (including phenoxy) is 1. The lowest BCUT2D eigenvalue weighted by atomic mass is 10.1. The van der Waals surface area contributed by atoms with Crippen LogP contribution in [0.25, 0.3) is 0 Å². The van der Waals surface area contributed by atoms with Crippen LogP contribution >= 0.6 is 11.6 Å². The fourth-order valence-electron chi connectivity index (χ4n) is 3.60. The molecule has 27 heavy (non-hydrogen) atoms. The summed E-state index contributed by atoms with van der Waals surface area (Å²) < 4.78 is 5.74. The second-order valence-electron chi connectivity index (χ2n) is 7.33. The van der Waals surface area contributed by atoms with E-state index in [0.717, 1.165) is 49.9 Å². The normalized spacial score (nSPS) is 16.4. The van der Waals surface area contributed by atoms with E-state index >= 15 is 0 Å². The summed E-state index contributed by atoms with van der Waals surface area (Å²) in [6.07, 6.45) is 0.567. The van der Waals surface area contributed by atoms with Crippen LogP contribution in [0.5, 0.6) is 5.75 Å². The predicted octanol–water partition coefficient (Wildman–Crippen LogP) is 2.36. The van der Waals surface area contributed by atoms with Gasteiger partial charge in [0.05, 0.1) is 26.2 Å². The van der Waals surface area contributed by atoms with Crippen LogP contribution in [0, 0.1) is 6.92 Å². The zero-order chi connectivity index (χ0) is 19.2. The van der Waals surface area contributed by atoms with Gasteiger partial charge >= 0.3 is 0 Å². The number of hydrogen-bond donors (Lipinski definition) is 2. The Hall–Kier alpha value is -1.75. The molecule has 146 valence electrons. The summed E-state index contributed by atoms with van der Waals surface area (Å²) in [5, 5.41) is 11.1. The highest BCUT2D eigenvalue weighted by Gasteiger charge is 2.23. The Morgan fingerprint density at radius 3 is 2.52 bits per heavy atom. The van der Waals surface area contributed by atoms with Gasteiger partial charge in [0, 0.05) is 10.7 Å². The van der Waals surface area contributed by atoms with E-state index in [4.69, 9.17) is 16.3 Å². The van der Waals surface area contributed by atoms with Crippen LogP contribution in [0.1, 0.15) is 18.1 Å². The van der Waals surface area contributed by atoms with Gasteiger partial charge in [0.25, 0.3) is 0 Å². The largest absolute Gasteiger partial charge is 0.491 e. The van der Waals surface area contributed by atoms with Gasteiger partial charge in [-0.3, -0.25) is 0 Å². The van der Waals surface area contributed by atoms with Crippen LogP contribution < -0.4 is 14.5 Å². The Labute approximate surface area is 167 Å². The lowest BCUT2D eigenvalue weighted by molar-refractivity contribution is -0.903. The molecule has 1 fully saturated rings. The van der Waals surface area contributed by atoms with E-state index in [2.05, 4.69) is 36.9 Å². The lowest BCUT2D eigenvalue weighted by Crippen LogP contribution is -3.16. The monoisotopic (exact) mass is 389 g/mol. The Balaban J connectivity index is 1.43. The molecular formula is C22H30ClN2O2+. The highest BCUT2D eigenvalue weighted by Crippen LogP contribution is 2.24. The van der Waals surface area contributed by atoms with Crippen molar-refractivity contribution in [2.24, 2.45) is 0 Å². The first-order valence-electron chi connectivity index (χ1n) is 9.79. The molecule has 0 saturated carbocycles. The maximum atomic E-state index is 10.4. The number of aliphatic hydroxyl groups excluding tert-OH is 1. The molecule has 3 rings (SSSR count). The summed E-state index contributed by atoms with van der Waals surface area (Å²) >= 11 is 6.16. The molecule has 1 aliphatic heterocycles. The molecule has 0 unspecified atom stereocenters. The number of halogens is 1. The first-order valence-corrected chi connectivity index (χ1v) is 10.2. The lowest BCUT2D eigenvalue weighted by Gasteiger charge is -2.35. The number of benzene rings is 2. The Kier molecular flexibility index (Phi) is 7.00. The van der Waals surface area contributed by atoms with Gasteiger partial charge in [0.2, 0.25) is 0 Å². The smallest absolute Gasteiger partial charge is 0.137 e. The minimum atomic E-state index is -0.453. The zero-order valence-electron chi connectivity index (χ0n) is 16.2. The van der Waals surface area contributed by atoms with E-state index in [1.807, 2.05) is 24.3 Å². The number of hydrogen-bond acceptors (Lipinski definition) is 3. The van der Waals surface area contributed by atoms with E-state index in [1.165, 1.54) is 21.7 Å². The zero-order valence-corrected chi connectivity index (χ0v) is 17.0. The number of nitrogens with zero attached hydrogens (tertiary/aromatic N) is 1. The van der Waals surface area contributed by atoms with E-state index in [0.29, 0.717) is 6.61 Å². The first kappa shape index (κ1) is 20.0. The van der Waals surface area contributed by atoms with Crippen LogP contribution in [0.2, 0.25) is 5.02 Å². The summed E-state index contributed by atoms with van der Waals surface area (Å²) in [7, 11) is 0. The van der Waals surface area contributed by atoms with Gasteiger partial charge in [-0.05, 0) is 48.7 Å². The number of anilines is 1. The SMILES string of the molecule is CCc1ccc(OC[C@@H](O)C[NH+]2CCN(c3cc(Cl)ccc3C)CC2)cc1. The summed E-state index contributed by atoms with van der Waals surface area (Å²) in [6, 6.07) is 14.2. The van der Waals surface area contributed by atoms with Crippen LogP contribution in [0.4, 0.5) is 5.69 Å². The van der Waals surface area contributed by atoms with Crippen molar-refractivity contribution in [2.45, 2.75) is 26.4 Å². The number of nitrogens with one attached hydrogen (secondary N) is 1. The maximum Gasteiger partial charge on any atom is 0.137 e. The number of aliphatic hydroxyl groups is 1. The van der Waals surface area contributed by atoms with Crippen LogP contribution in [-0.4, -0.2) is 50.5 Å². The molecule has 1 heterocycles. The topological polar surface area (TPSA) is 37.1 Å². The molecule has 2 N–H and O–H groups in total. The van der Waals surface area contributed by atoms with Crippen LogP contribution in [0.3, 0.4) is 0 Å². The molecule has 1 aliphatic rings. The fourth-order valence-corrected chi connectivity index (χ4v) is 3.76. The summed E-state index contributed by atoms with van der Waals surface area (Å²) in [6.45, 7) is 9.28. The van der Waals surface area contributed by atoms with Gasteiger partial charge in [0.1, 0.15) is 25.0 Å².